The van der Waals surface area contributed by atoms with Crippen molar-refractivity contribution in [3.8, 4) is 5.75 Å². The molecule has 0 bridgehead atoms. The van der Waals surface area contributed by atoms with Crippen LogP contribution in [0.4, 0.5) is 0 Å². The molecule has 1 saturated carbocycles. The molecule has 2 heterocycles. The summed E-state index contributed by atoms with van der Waals surface area (Å²) in [5.74, 6) is 1.66. The Bertz CT molecular complexity index is 877. The van der Waals surface area contributed by atoms with Gasteiger partial charge in [-0.05, 0) is 67.7 Å². The van der Waals surface area contributed by atoms with E-state index in [0.29, 0.717) is 25.6 Å². The first-order valence-electron chi connectivity index (χ1n) is 12.0. The first-order valence-corrected chi connectivity index (χ1v) is 12.9. The Morgan fingerprint density at radius 1 is 1.28 bits per heavy atom. The molecule has 1 aromatic carbocycles. The Kier molecular flexibility index (Phi) is 7.87. The van der Waals surface area contributed by atoms with Crippen molar-refractivity contribution in [2.75, 3.05) is 32.8 Å². The van der Waals surface area contributed by atoms with Crippen LogP contribution in [0.15, 0.2) is 35.7 Å². The van der Waals surface area contributed by atoms with Gasteiger partial charge in [0.1, 0.15) is 12.4 Å². The molecule has 32 heavy (non-hydrogen) atoms. The molecular weight excluding hydrogens is 420 g/mol. The number of carbonyl (C=O) groups is 1. The Labute approximate surface area is 196 Å². The van der Waals surface area contributed by atoms with E-state index < -0.39 is 0 Å². The number of rotatable bonds is 11. The second kappa shape index (κ2) is 10.8. The highest BCUT2D eigenvalue weighted by atomic mass is 32.1. The molecule has 1 aliphatic carbocycles. The second-order valence-electron chi connectivity index (χ2n) is 9.36. The lowest BCUT2D eigenvalue weighted by Crippen LogP contribution is -2.48. The Hall–Kier alpha value is -1.89. The highest BCUT2D eigenvalue weighted by Crippen LogP contribution is 2.34. The lowest BCUT2D eigenvalue weighted by atomic mass is 10.0. The van der Waals surface area contributed by atoms with Crippen LogP contribution in [0, 0.1) is 12.8 Å². The minimum absolute atomic E-state index is 0.0675. The van der Waals surface area contributed by atoms with Gasteiger partial charge < -0.3 is 14.7 Å². The van der Waals surface area contributed by atoms with Gasteiger partial charge in [-0.15, -0.1) is 11.3 Å². The van der Waals surface area contributed by atoms with Crippen molar-refractivity contribution in [3.05, 3.63) is 51.7 Å². The van der Waals surface area contributed by atoms with Crippen molar-refractivity contribution < 1.29 is 14.6 Å². The van der Waals surface area contributed by atoms with Crippen molar-refractivity contribution >= 4 is 17.2 Å². The van der Waals surface area contributed by atoms with Gasteiger partial charge in [0.05, 0.1) is 18.7 Å². The number of fused-ring (bicyclic) bond motifs is 1. The van der Waals surface area contributed by atoms with Crippen LogP contribution in [-0.2, 0) is 11.2 Å². The fourth-order valence-corrected chi connectivity index (χ4v) is 5.49. The average molecular weight is 457 g/mol. The van der Waals surface area contributed by atoms with Crippen molar-refractivity contribution in [3.63, 3.8) is 0 Å². The van der Waals surface area contributed by atoms with E-state index in [1.807, 2.05) is 29.2 Å². The van der Waals surface area contributed by atoms with Crippen molar-refractivity contribution in [1.29, 1.82) is 0 Å². The van der Waals surface area contributed by atoms with Crippen LogP contribution in [-0.4, -0.2) is 59.7 Å². The van der Waals surface area contributed by atoms with Crippen LogP contribution in [0.25, 0.3) is 0 Å². The van der Waals surface area contributed by atoms with Gasteiger partial charge in [-0.3, -0.25) is 9.69 Å². The van der Waals surface area contributed by atoms with E-state index in [0.717, 1.165) is 38.1 Å². The smallest absolute Gasteiger partial charge is 0.237 e. The minimum atomic E-state index is -0.364. The Balaban J connectivity index is 1.44. The largest absolute Gasteiger partial charge is 0.491 e. The molecule has 2 aromatic rings. The number of ether oxygens (including phenoxy) is 1. The molecule has 0 unspecified atom stereocenters. The van der Waals surface area contributed by atoms with Gasteiger partial charge >= 0.3 is 0 Å². The summed E-state index contributed by atoms with van der Waals surface area (Å²) < 4.78 is 6.14. The summed E-state index contributed by atoms with van der Waals surface area (Å²) in [7, 11) is 0. The van der Waals surface area contributed by atoms with Gasteiger partial charge in [-0.25, -0.2) is 0 Å². The summed E-state index contributed by atoms with van der Waals surface area (Å²) in [6, 6.07) is 10.2. The molecule has 1 aliphatic heterocycles. The van der Waals surface area contributed by atoms with Gasteiger partial charge in [-0.2, -0.15) is 0 Å². The summed E-state index contributed by atoms with van der Waals surface area (Å²) in [4.78, 5) is 19.1. The van der Waals surface area contributed by atoms with Gasteiger partial charge in [-0.1, -0.05) is 31.0 Å². The molecule has 4 rings (SSSR count). The predicted octanol–water partition coefficient (Wildman–Crippen LogP) is 4.43. The summed E-state index contributed by atoms with van der Waals surface area (Å²) in [6.07, 6.45) is 4.76. The van der Waals surface area contributed by atoms with Crippen LogP contribution in [0.2, 0.25) is 0 Å². The molecular formula is C26H36N2O3S. The van der Waals surface area contributed by atoms with Crippen molar-refractivity contribution in [2.45, 2.75) is 58.1 Å². The topological polar surface area (TPSA) is 53.0 Å². The van der Waals surface area contributed by atoms with E-state index in [9.17, 15) is 9.90 Å². The molecule has 0 spiro atoms. The Morgan fingerprint density at radius 2 is 2.06 bits per heavy atom. The monoisotopic (exact) mass is 456 g/mol. The maximum absolute atomic E-state index is 13.5. The van der Waals surface area contributed by atoms with Gasteiger partial charge in [0.15, 0.2) is 0 Å². The first-order chi connectivity index (χ1) is 15.5. The normalized spacial score (nSPS) is 19.1. The van der Waals surface area contributed by atoms with Crippen molar-refractivity contribution in [1.82, 2.24) is 9.80 Å². The molecule has 1 aromatic heterocycles. The molecule has 0 radical (unpaired) electrons. The molecule has 5 nitrogen and oxygen atoms in total. The summed E-state index contributed by atoms with van der Waals surface area (Å²) in [5, 5.41) is 12.5. The van der Waals surface area contributed by atoms with Gasteiger partial charge in [0.2, 0.25) is 5.91 Å². The summed E-state index contributed by atoms with van der Waals surface area (Å²) in [6.45, 7) is 7.20. The van der Waals surface area contributed by atoms with E-state index in [-0.39, 0.29) is 18.1 Å². The highest BCUT2D eigenvalue weighted by molar-refractivity contribution is 7.10. The van der Waals surface area contributed by atoms with E-state index in [4.69, 9.17) is 4.74 Å². The number of aryl methyl sites for hydroxylation is 1. The molecule has 1 amide bonds. The molecule has 2 atom stereocenters. The molecule has 174 valence electrons. The maximum atomic E-state index is 13.5. The standard InChI is InChI=1S/C26H36N2O3S/c1-3-4-21(29)16-27(15-20-7-8-20)17-26(30)28-13-11-25-23(12-14-32-25)24(28)18-31-22-9-5-19(2)6-10-22/h5-6,9-10,12,14,20-21,24,29H,3-4,7-8,11,13,15-18H2,1-2H3/t21-,24-/m0/s1. The number of amides is 1. The number of hydrogen-bond donors (Lipinski definition) is 1. The summed E-state index contributed by atoms with van der Waals surface area (Å²) in [5.41, 5.74) is 2.43. The number of aliphatic hydroxyl groups is 1. The van der Waals surface area contributed by atoms with E-state index >= 15 is 0 Å². The molecule has 1 fully saturated rings. The van der Waals surface area contributed by atoms with E-state index in [1.165, 1.54) is 28.8 Å². The SMILES string of the molecule is CCC[C@H](O)CN(CC(=O)N1CCc2sccc2[C@@H]1COc1ccc(C)cc1)CC1CC1. The van der Waals surface area contributed by atoms with Crippen LogP contribution in [0.1, 0.15) is 54.7 Å². The highest BCUT2D eigenvalue weighted by Gasteiger charge is 2.34. The zero-order valence-electron chi connectivity index (χ0n) is 19.3. The first kappa shape index (κ1) is 23.3. The number of aliphatic hydroxyl groups excluding tert-OH is 1. The molecule has 1 N–H and O–H groups in total. The van der Waals surface area contributed by atoms with Crippen LogP contribution in [0.3, 0.4) is 0 Å². The third-order valence-electron chi connectivity index (χ3n) is 6.51. The van der Waals surface area contributed by atoms with E-state index in [1.54, 1.807) is 11.3 Å². The van der Waals surface area contributed by atoms with E-state index in [2.05, 4.69) is 30.2 Å². The minimum Gasteiger partial charge on any atom is -0.491 e. The maximum Gasteiger partial charge on any atom is 0.237 e. The zero-order valence-corrected chi connectivity index (χ0v) is 20.2. The van der Waals surface area contributed by atoms with Crippen LogP contribution >= 0.6 is 11.3 Å². The fourth-order valence-electron chi connectivity index (χ4n) is 4.56. The van der Waals surface area contributed by atoms with Crippen molar-refractivity contribution in [2.24, 2.45) is 5.92 Å². The Morgan fingerprint density at radius 3 is 2.78 bits per heavy atom. The van der Waals surface area contributed by atoms with Gasteiger partial charge in [0, 0.05) is 24.5 Å². The number of hydrogen-bond acceptors (Lipinski definition) is 5. The second-order valence-corrected chi connectivity index (χ2v) is 10.4. The third kappa shape index (κ3) is 6.12. The quantitative estimate of drug-likeness (QED) is 0.543. The molecule has 6 heteroatoms. The number of thiophene rings is 1. The van der Waals surface area contributed by atoms with Crippen LogP contribution in [0.5, 0.6) is 5.75 Å². The molecule has 2 aliphatic rings. The number of benzene rings is 1. The third-order valence-corrected chi connectivity index (χ3v) is 7.50. The predicted molar refractivity (Wildman–Crippen MR) is 129 cm³/mol. The molecule has 0 saturated heterocycles. The zero-order chi connectivity index (χ0) is 22.5. The summed E-state index contributed by atoms with van der Waals surface area (Å²) >= 11 is 1.77. The van der Waals surface area contributed by atoms with Crippen LogP contribution < -0.4 is 4.74 Å². The average Bonchev–Trinajstić information content (AvgIpc) is 3.45. The lowest BCUT2D eigenvalue weighted by Gasteiger charge is -2.37. The fraction of sp³-hybridized carbons (Fsp3) is 0.577. The number of nitrogens with zero attached hydrogens (tertiary/aromatic N) is 2. The lowest BCUT2D eigenvalue weighted by molar-refractivity contribution is -0.136. The number of carbonyl (C=O) groups excluding carboxylic acids is 1. The van der Waals surface area contributed by atoms with Gasteiger partial charge in [0.25, 0.3) is 0 Å².